The summed E-state index contributed by atoms with van der Waals surface area (Å²) in [4.78, 5) is 0. The molecule has 1 aromatic carbocycles. The molecule has 1 rings (SSSR count). The molecule has 1 nitrogen and oxygen atoms in total. The van der Waals surface area contributed by atoms with Crippen molar-refractivity contribution in [2.75, 3.05) is 5.88 Å². The highest BCUT2D eigenvalue weighted by atomic mass is 35.5. The molecule has 1 N–H and O–H groups in total. The van der Waals surface area contributed by atoms with E-state index in [9.17, 15) is 5.11 Å². The van der Waals surface area contributed by atoms with Gasteiger partial charge >= 0.3 is 0 Å². The molecule has 64 valence electrons. The summed E-state index contributed by atoms with van der Waals surface area (Å²) in [5, 5.41) is 9.89. The molecule has 0 aliphatic heterocycles. The van der Waals surface area contributed by atoms with Crippen LogP contribution in [0.4, 0.5) is 0 Å². The van der Waals surface area contributed by atoms with Gasteiger partial charge < -0.3 is 5.11 Å². The van der Waals surface area contributed by atoms with E-state index >= 15 is 0 Å². The van der Waals surface area contributed by atoms with Crippen LogP contribution < -0.4 is 0 Å². The molecule has 0 saturated carbocycles. The number of allylic oxidation sites excluding steroid dienone is 1. The summed E-state index contributed by atoms with van der Waals surface area (Å²) in [5.74, 6) is 0.419. The van der Waals surface area contributed by atoms with E-state index < -0.39 is 0 Å². The van der Waals surface area contributed by atoms with Gasteiger partial charge in [0, 0.05) is 16.5 Å². The summed E-state index contributed by atoms with van der Waals surface area (Å²) >= 11 is 11.2. The van der Waals surface area contributed by atoms with Gasteiger partial charge in [-0.3, -0.25) is 0 Å². The second-order valence-corrected chi connectivity index (χ2v) is 3.10. The summed E-state index contributed by atoms with van der Waals surface area (Å²) in [5.41, 5.74) is 1.33. The van der Waals surface area contributed by atoms with E-state index in [0.717, 1.165) is 0 Å². The van der Waals surface area contributed by atoms with E-state index in [1.807, 2.05) is 0 Å². The molecule has 0 aliphatic rings. The molecule has 0 fully saturated rings. The van der Waals surface area contributed by atoms with Gasteiger partial charge in [-0.05, 0) is 23.8 Å². The van der Waals surface area contributed by atoms with Gasteiger partial charge in [-0.1, -0.05) is 18.2 Å². The number of phenols is 1. The van der Waals surface area contributed by atoms with Crippen LogP contribution in [0.5, 0.6) is 5.75 Å². The van der Waals surface area contributed by atoms with Crippen LogP contribution in [0.15, 0.2) is 24.8 Å². The third-order valence-electron chi connectivity index (χ3n) is 1.50. The Bertz CT molecular complexity index is 307. The van der Waals surface area contributed by atoms with E-state index in [-0.39, 0.29) is 5.75 Å². The van der Waals surface area contributed by atoms with Crippen molar-refractivity contribution in [2.24, 2.45) is 0 Å². The molecule has 3 heteroatoms. The highest BCUT2D eigenvalue weighted by molar-refractivity contribution is 6.30. The first kappa shape index (κ1) is 9.43. The quantitative estimate of drug-likeness (QED) is 0.731. The lowest BCUT2D eigenvalue weighted by Gasteiger charge is -2.04. The molecule has 0 amide bonds. The highest BCUT2D eigenvalue weighted by Crippen LogP contribution is 2.27. The average molecular weight is 203 g/mol. The minimum absolute atomic E-state index is 0.119. The Morgan fingerprint density at radius 1 is 1.50 bits per heavy atom. The molecule has 12 heavy (non-hydrogen) atoms. The molecular formula is C9H8Cl2O. The van der Waals surface area contributed by atoms with Crippen molar-refractivity contribution in [3.8, 4) is 5.75 Å². The van der Waals surface area contributed by atoms with Gasteiger partial charge in [0.05, 0.1) is 0 Å². The topological polar surface area (TPSA) is 20.2 Å². The molecule has 0 atom stereocenters. The lowest BCUT2D eigenvalue weighted by atomic mass is 10.1. The number of aromatic hydroxyl groups is 1. The Morgan fingerprint density at radius 3 is 2.67 bits per heavy atom. The summed E-state index contributed by atoms with van der Waals surface area (Å²) < 4.78 is 0. The van der Waals surface area contributed by atoms with E-state index in [1.165, 1.54) is 6.07 Å². The molecule has 0 aliphatic carbocycles. The first-order chi connectivity index (χ1) is 5.65. The number of benzene rings is 1. The molecule has 0 heterocycles. The predicted octanol–water partition coefficient (Wildman–Crippen LogP) is 3.30. The normalized spacial score (nSPS) is 9.83. The van der Waals surface area contributed by atoms with Crippen molar-refractivity contribution >= 4 is 28.8 Å². The molecule has 0 aromatic heterocycles. The molecule has 0 radical (unpaired) electrons. The third kappa shape index (κ3) is 1.93. The third-order valence-corrected chi connectivity index (χ3v) is 2.06. The fourth-order valence-corrected chi connectivity index (χ4v) is 1.19. The zero-order valence-electron chi connectivity index (χ0n) is 6.35. The van der Waals surface area contributed by atoms with Gasteiger partial charge in [0.2, 0.25) is 0 Å². The zero-order chi connectivity index (χ0) is 9.14. The highest BCUT2D eigenvalue weighted by Gasteiger charge is 2.03. The molecule has 0 unspecified atom stereocenters. The van der Waals surface area contributed by atoms with Crippen LogP contribution >= 0.6 is 23.2 Å². The fraction of sp³-hybridized carbons (Fsp3) is 0.111. The summed E-state index contributed by atoms with van der Waals surface area (Å²) in [6, 6.07) is 4.85. The van der Waals surface area contributed by atoms with Gasteiger partial charge in [0.25, 0.3) is 0 Å². The zero-order valence-corrected chi connectivity index (χ0v) is 7.86. The van der Waals surface area contributed by atoms with Crippen molar-refractivity contribution in [1.29, 1.82) is 0 Å². The molecule has 0 bridgehead atoms. The lowest BCUT2D eigenvalue weighted by Crippen LogP contribution is -1.84. The summed E-state index contributed by atoms with van der Waals surface area (Å²) in [7, 11) is 0. The maximum absolute atomic E-state index is 9.39. The Labute approximate surface area is 81.2 Å². The lowest BCUT2D eigenvalue weighted by molar-refractivity contribution is 0.473. The number of halogens is 2. The maximum atomic E-state index is 9.39. The summed E-state index contributed by atoms with van der Waals surface area (Å²) in [6.45, 7) is 3.70. The Morgan fingerprint density at radius 2 is 2.17 bits per heavy atom. The smallest absolute Gasteiger partial charge is 0.124 e. The fourth-order valence-electron chi connectivity index (χ4n) is 0.876. The van der Waals surface area contributed by atoms with Crippen molar-refractivity contribution < 1.29 is 5.11 Å². The van der Waals surface area contributed by atoms with Crippen molar-refractivity contribution in [2.45, 2.75) is 0 Å². The number of hydrogen-bond acceptors (Lipinski definition) is 1. The van der Waals surface area contributed by atoms with Crippen LogP contribution in [0.2, 0.25) is 5.02 Å². The Balaban J connectivity index is 3.09. The van der Waals surface area contributed by atoms with Crippen LogP contribution in [0, 0.1) is 0 Å². The molecule has 0 spiro atoms. The Kier molecular flexibility index (Phi) is 3.01. The monoisotopic (exact) mass is 202 g/mol. The first-order valence-corrected chi connectivity index (χ1v) is 4.29. The van der Waals surface area contributed by atoms with E-state index in [0.29, 0.717) is 22.0 Å². The minimum Gasteiger partial charge on any atom is -0.507 e. The number of phenolic OH excluding ortho intramolecular Hbond substituents is 1. The predicted molar refractivity (Wildman–Crippen MR) is 52.9 cm³/mol. The van der Waals surface area contributed by atoms with E-state index in [4.69, 9.17) is 23.2 Å². The average Bonchev–Trinajstić information content (AvgIpc) is 2.03. The molecule has 0 saturated heterocycles. The van der Waals surface area contributed by atoms with Gasteiger partial charge in [0.15, 0.2) is 0 Å². The second kappa shape index (κ2) is 3.83. The van der Waals surface area contributed by atoms with Crippen LogP contribution in [0.3, 0.4) is 0 Å². The SMILES string of the molecule is C=C(CCl)c1ccc(Cl)cc1O. The van der Waals surface area contributed by atoms with Crippen LogP contribution in [0.25, 0.3) is 5.57 Å². The van der Waals surface area contributed by atoms with Crippen LogP contribution in [0.1, 0.15) is 5.56 Å². The van der Waals surface area contributed by atoms with Gasteiger partial charge in [0.1, 0.15) is 5.75 Å². The summed E-state index contributed by atoms with van der Waals surface area (Å²) in [6.07, 6.45) is 0. The second-order valence-electron chi connectivity index (χ2n) is 2.40. The van der Waals surface area contributed by atoms with Gasteiger partial charge in [-0.2, -0.15) is 0 Å². The van der Waals surface area contributed by atoms with Crippen LogP contribution in [-0.2, 0) is 0 Å². The molecule has 1 aromatic rings. The largest absolute Gasteiger partial charge is 0.507 e. The minimum atomic E-state index is 0.119. The number of rotatable bonds is 2. The van der Waals surface area contributed by atoms with E-state index in [2.05, 4.69) is 6.58 Å². The van der Waals surface area contributed by atoms with Gasteiger partial charge in [-0.15, -0.1) is 11.6 Å². The van der Waals surface area contributed by atoms with Crippen LogP contribution in [-0.4, -0.2) is 11.0 Å². The van der Waals surface area contributed by atoms with Gasteiger partial charge in [-0.25, -0.2) is 0 Å². The van der Waals surface area contributed by atoms with Crippen molar-refractivity contribution in [3.05, 3.63) is 35.4 Å². The first-order valence-electron chi connectivity index (χ1n) is 3.37. The van der Waals surface area contributed by atoms with Crippen molar-refractivity contribution in [1.82, 2.24) is 0 Å². The van der Waals surface area contributed by atoms with E-state index in [1.54, 1.807) is 12.1 Å². The number of hydrogen-bond donors (Lipinski definition) is 1. The Hall–Kier alpha value is -0.660. The van der Waals surface area contributed by atoms with Crippen molar-refractivity contribution in [3.63, 3.8) is 0 Å². The maximum Gasteiger partial charge on any atom is 0.124 e. The molecular weight excluding hydrogens is 195 g/mol. The number of alkyl halides is 1. The standard InChI is InChI=1S/C9H8Cl2O/c1-6(5-10)8-3-2-7(11)4-9(8)12/h2-4,12H,1,5H2.